The molecule has 8 heteroatoms. The predicted octanol–water partition coefficient (Wildman–Crippen LogP) is 5.38. The number of aromatic amines is 1. The van der Waals surface area contributed by atoms with Crippen molar-refractivity contribution >= 4 is 40.0 Å². The van der Waals surface area contributed by atoms with Crippen molar-refractivity contribution in [2.45, 2.75) is 16.9 Å². The quantitative estimate of drug-likeness (QED) is 0.176. The number of carbonyl (C=O) groups is 1. The summed E-state index contributed by atoms with van der Waals surface area (Å²) in [5, 5.41) is 9.55. The second-order valence-electron chi connectivity index (χ2n) is 8.10. The average molecular weight is 577 g/mol. The van der Waals surface area contributed by atoms with E-state index in [1.807, 2.05) is 60.7 Å². The molecule has 5 rings (SSSR count). The third-order valence-corrected chi connectivity index (χ3v) is 6.98. The first-order chi connectivity index (χ1) is 17.1. The second kappa shape index (κ2) is 10.3. The van der Waals surface area contributed by atoms with E-state index in [2.05, 4.69) is 50.3 Å². The van der Waals surface area contributed by atoms with Crippen molar-refractivity contribution in [3.63, 3.8) is 0 Å². The number of methoxy groups -OCH3 is 1. The minimum Gasteiger partial charge on any atom is -0.497 e. The highest BCUT2D eigenvalue weighted by Crippen LogP contribution is 2.40. The van der Waals surface area contributed by atoms with E-state index in [4.69, 9.17) is 9.73 Å². The van der Waals surface area contributed by atoms with Gasteiger partial charge in [-0.1, -0.05) is 60.7 Å². The van der Waals surface area contributed by atoms with Gasteiger partial charge in [0, 0.05) is 11.1 Å². The van der Waals surface area contributed by atoms with Crippen LogP contribution in [0.1, 0.15) is 36.9 Å². The number of halogens is 1. The average Bonchev–Trinajstić information content (AvgIpc) is 3.33. The van der Waals surface area contributed by atoms with Gasteiger partial charge in [0.2, 0.25) is 0 Å². The smallest absolute Gasteiger partial charge is 0.269 e. The first-order valence-corrected chi connectivity index (χ1v) is 12.5. The van der Waals surface area contributed by atoms with E-state index < -0.39 is 0 Å². The van der Waals surface area contributed by atoms with Crippen molar-refractivity contribution in [2.24, 2.45) is 4.99 Å². The number of nitrogens with zero attached hydrogens (tertiary/aromatic N) is 3. The van der Waals surface area contributed by atoms with Crippen LogP contribution < -0.4 is 10.2 Å². The topological polar surface area (TPSA) is 82.6 Å². The maximum Gasteiger partial charge on any atom is 0.269 e. The third-order valence-electron chi connectivity index (χ3n) is 5.83. The number of H-pyrrole nitrogens is 1. The summed E-state index contributed by atoms with van der Waals surface area (Å²) in [6.45, 7) is 0. The lowest BCUT2D eigenvalue weighted by Gasteiger charge is -2.33. The molecule has 176 valence electrons. The Morgan fingerprint density at radius 1 is 1.03 bits per heavy atom. The van der Waals surface area contributed by atoms with E-state index in [1.165, 1.54) is 5.56 Å². The number of rotatable bonds is 7. The molecule has 7 nitrogen and oxygen atoms in total. The van der Waals surface area contributed by atoms with Crippen LogP contribution in [0.4, 0.5) is 5.69 Å². The van der Waals surface area contributed by atoms with Gasteiger partial charge in [-0.3, -0.25) is 15.3 Å². The zero-order valence-corrected chi connectivity index (χ0v) is 21.3. The SMILES string of the molecule is COc1cccc(C2=Nc3c(n[nH]c3CCc3ccccc3)C(I)N2NC(=O)c2ccccc2)c1. The summed E-state index contributed by atoms with van der Waals surface area (Å²) in [7, 11) is 1.63. The molecule has 1 amide bonds. The van der Waals surface area contributed by atoms with Crippen LogP contribution in [-0.2, 0) is 12.8 Å². The van der Waals surface area contributed by atoms with Gasteiger partial charge >= 0.3 is 0 Å². The highest BCUT2D eigenvalue weighted by molar-refractivity contribution is 14.1. The van der Waals surface area contributed by atoms with Gasteiger partial charge in [0.1, 0.15) is 21.2 Å². The molecule has 0 saturated heterocycles. The molecule has 0 bridgehead atoms. The fourth-order valence-electron chi connectivity index (χ4n) is 4.00. The Morgan fingerprint density at radius 3 is 2.51 bits per heavy atom. The van der Waals surface area contributed by atoms with E-state index in [0.717, 1.165) is 35.5 Å². The molecule has 1 unspecified atom stereocenters. The summed E-state index contributed by atoms with van der Waals surface area (Å²) in [6, 6.07) is 27.2. The van der Waals surface area contributed by atoms with Crippen molar-refractivity contribution in [3.8, 4) is 5.75 Å². The summed E-state index contributed by atoms with van der Waals surface area (Å²) >= 11 is 2.29. The van der Waals surface area contributed by atoms with E-state index in [9.17, 15) is 4.79 Å². The molecule has 1 atom stereocenters. The zero-order chi connectivity index (χ0) is 24.2. The van der Waals surface area contributed by atoms with Crippen molar-refractivity contribution < 1.29 is 9.53 Å². The van der Waals surface area contributed by atoms with Crippen LogP contribution in [0.2, 0.25) is 0 Å². The molecule has 0 fully saturated rings. The Balaban J connectivity index is 1.51. The van der Waals surface area contributed by atoms with Crippen LogP contribution in [0.5, 0.6) is 5.75 Å². The van der Waals surface area contributed by atoms with E-state index >= 15 is 0 Å². The van der Waals surface area contributed by atoms with Gasteiger partial charge in [0.05, 0.1) is 12.8 Å². The lowest BCUT2D eigenvalue weighted by molar-refractivity contribution is 0.0864. The minimum atomic E-state index is -0.268. The Kier molecular flexibility index (Phi) is 6.80. The molecule has 1 aliphatic heterocycles. The molecule has 0 radical (unpaired) electrons. The normalized spacial score (nSPS) is 14.7. The number of hydrogen-bond donors (Lipinski definition) is 2. The molecule has 35 heavy (non-hydrogen) atoms. The van der Waals surface area contributed by atoms with Gasteiger partial charge in [0.25, 0.3) is 5.91 Å². The van der Waals surface area contributed by atoms with Crippen molar-refractivity contribution in [2.75, 3.05) is 7.11 Å². The van der Waals surface area contributed by atoms with Crippen molar-refractivity contribution in [1.82, 2.24) is 20.6 Å². The molecule has 0 saturated carbocycles. The standard InChI is InChI=1S/C27H24IN5O2/c1-35-21-14-8-13-20(17-21)26-29-23-22(16-15-18-9-4-2-5-10-18)30-31-24(23)25(28)33(26)32-27(34)19-11-6-3-7-12-19/h2-14,17,25H,15-16H2,1H3,(H,30,31)(H,32,34). The Morgan fingerprint density at radius 2 is 1.77 bits per heavy atom. The number of fused-ring (bicyclic) bond motifs is 1. The van der Waals surface area contributed by atoms with Gasteiger partial charge < -0.3 is 4.74 Å². The molecule has 0 aliphatic carbocycles. The Hall–Kier alpha value is -3.66. The van der Waals surface area contributed by atoms with Crippen molar-refractivity contribution in [1.29, 1.82) is 0 Å². The van der Waals surface area contributed by atoms with Gasteiger partial charge in [-0.25, -0.2) is 10.0 Å². The number of ether oxygens (including phenoxy) is 1. The molecule has 2 heterocycles. The van der Waals surface area contributed by atoms with Crippen LogP contribution in [0, 0.1) is 0 Å². The number of amidine groups is 1. The lowest BCUT2D eigenvalue weighted by Crippen LogP contribution is -2.48. The predicted molar refractivity (Wildman–Crippen MR) is 144 cm³/mol. The first kappa shape index (κ1) is 23.1. The molecule has 0 spiro atoms. The van der Waals surface area contributed by atoms with Gasteiger partial charge in [0.15, 0.2) is 5.84 Å². The number of aliphatic imine (C=N–C) groups is 1. The Bertz CT molecular complexity index is 1350. The number of benzene rings is 3. The van der Waals surface area contributed by atoms with Gasteiger partial charge in [-0.15, -0.1) is 0 Å². The number of alkyl halides is 1. The third kappa shape index (κ3) is 4.93. The molecular formula is C27H24IN5O2. The van der Waals surface area contributed by atoms with Crippen LogP contribution in [-0.4, -0.2) is 34.1 Å². The van der Waals surface area contributed by atoms with Crippen molar-refractivity contribution in [3.05, 3.63) is 113 Å². The molecule has 2 N–H and O–H groups in total. The number of amides is 1. The molecular weight excluding hydrogens is 553 g/mol. The highest BCUT2D eigenvalue weighted by Gasteiger charge is 2.34. The zero-order valence-electron chi connectivity index (χ0n) is 19.1. The van der Waals surface area contributed by atoms with E-state index in [1.54, 1.807) is 24.3 Å². The largest absolute Gasteiger partial charge is 0.497 e. The first-order valence-electron chi connectivity index (χ1n) is 11.3. The van der Waals surface area contributed by atoms with Crippen LogP contribution >= 0.6 is 22.6 Å². The molecule has 1 aromatic heterocycles. The summed E-state index contributed by atoms with van der Waals surface area (Å²) < 4.78 is 5.17. The monoisotopic (exact) mass is 577 g/mol. The number of hydrazine groups is 1. The van der Waals surface area contributed by atoms with Gasteiger partial charge in [-0.2, -0.15) is 5.10 Å². The summed E-state index contributed by atoms with van der Waals surface area (Å²) in [5.74, 6) is 1.13. The summed E-state index contributed by atoms with van der Waals surface area (Å²) in [6.07, 6.45) is 1.65. The number of aromatic nitrogens is 2. The summed E-state index contributed by atoms with van der Waals surface area (Å²) in [5.41, 5.74) is 8.28. The van der Waals surface area contributed by atoms with E-state index in [-0.39, 0.29) is 9.96 Å². The molecule has 1 aliphatic rings. The fraction of sp³-hybridized carbons (Fsp3) is 0.148. The highest BCUT2D eigenvalue weighted by atomic mass is 127. The van der Waals surface area contributed by atoms with Gasteiger partial charge in [-0.05, 0) is 65.3 Å². The minimum absolute atomic E-state index is 0.217. The fourth-order valence-corrected chi connectivity index (χ4v) is 4.83. The summed E-state index contributed by atoms with van der Waals surface area (Å²) in [4.78, 5) is 18.1. The number of aryl methyl sites for hydroxylation is 2. The maximum atomic E-state index is 13.1. The van der Waals surface area contributed by atoms with Crippen LogP contribution in [0.15, 0.2) is 89.9 Å². The lowest BCUT2D eigenvalue weighted by atomic mass is 10.1. The number of nitrogens with one attached hydrogen (secondary N) is 2. The van der Waals surface area contributed by atoms with Crippen LogP contribution in [0.3, 0.4) is 0 Å². The van der Waals surface area contributed by atoms with Crippen LogP contribution in [0.25, 0.3) is 0 Å². The molecule has 4 aromatic rings. The number of hydrogen-bond acceptors (Lipinski definition) is 5. The second-order valence-corrected chi connectivity index (χ2v) is 9.28. The maximum absolute atomic E-state index is 13.1. The Labute approximate surface area is 217 Å². The van der Waals surface area contributed by atoms with E-state index in [0.29, 0.717) is 17.1 Å². The molecule has 3 aromatic carbocycles. The number of carbonyl (C=O) groups excluding carboxylic acids is 1.